The molecule has 1 N–H and O–H groups in total. The first-order chi connectivity index (χ1) is 9.77. The minimum atomic E-state index is 0.491. The highest BCUT2D eigenvalue weighted by molar-refractivity contribution is 5.20. The molecule has 0 bridgehead atoms. The van der Waals surface area contributed by atoms with Crippen molar-refractivity contribution in [1.29, 1.82) is 0 Å². The second kappa shape index (κ2) is 8.43. The molecule has 1 aliphatic rings. The van der Waals surface area contributed by atoms with E-state index in [0.717, 1.165) is 26.1 Å². The number of ether oxygens (including phenoxy) is 1. The van der Waals surface area contributed by atoms with Gasteiger partial charge in [0.05, 0.1) is 6.10 Å². The van der Waals surface area contributed by atoms with Crippen molar-refractivity contribution in [2.45, 2.75) is 51.6 Å². The molecule has 1 aromatic carbocycles. The molecular weight excluding hydrogens is 246 g/mol. The van der Waals surface area contributed by atoms with E-state index in [0.29, 0.717) is 17.9 Å². The van der Waals surface area contributed by atoms with Crippen LogP contribution >= 0.6 is 0 Å². The summed E-state index contributed by atoms with van der Waals surface area (Å²) < 4.78 is 5.78. The predicted octanol–water partition coefficient (Wildman–Crippen LogP) is 3.98. The second-order valence-corrected chi connectivity index (χ2v) is 6.24. The fourth-order valence-corrected chi connectivity index (χ4v) is 2.99. The monoisotopic (exact) mass is 275 g/mol. The number of hydrogen-bond acceptors (Lipinski definition) is 2. The Morgan fingerprint density at radius 2 is 2.00 bits per heavy atom. The molecule has 2 heteroatoms. The SMILES string of the molecule is CC(C)C(CNCCC1CCCCO1)c1ccccc1. The Labute approximate surface area is 123 Å². The fraction of sp³-hybridized carbons (Fsp3) is 0.667. The molecule has 2 nitrogen and oxygen atoms in total. The van der Waals surface area contributed by atoms with E-state index in [9.17, 15) is 0 Å². The lowest BCUT2D eigenvalue weighted by molar-refractivity contribution is 0.0115. The molecule has 1 saturated heterocycles. The highest BCUT2D eigenvalue weighted by Crippen LogP contribution is 2.23. The first-order valence-corrected chi connectivity index (χ1v) is 8.14. The van der Waals surface area contributed by atoms with Gasteiger partial charge in [-0.3, -0.25) is 0 Å². The molecule has 2 unspecified atom stereocenters. The lowest BCUT2D eigenvalue weighted by Crippen LogP contribution is -2.29. The Bertz CT molecular complexity index is 357. The average Bonchev–Trinajstić information content (AvgIpc) is 2.49. The van der Waals surface area contributed by atoms with Gasteiger partial charge >= 0.3 is 0 Å². The number of hydrogen-bond donors (Lipinski definition) is 1. The van der Waals surface area contributed by atoms with Crippen LogP contribution in [0.4, 0.5) is 0 Å². The smallest absolute Gasteiger partial charge is 0.0587 e. The van der Waals surface area contributed by atoms with E-state index in [1.54, 1.807) is 0 Å². The van der Waals surface area contributed by atoms with E-state index in [1.165, 1.54) is 24.8 Å². The third-order valence-electron chi connectivity index (χ3n) is 4.31. The summed E-state index contributed by atoms with van der Waals surface area (Å²) in [6.07, 6.45) is 5.47. The van der Waals surface area contributed by atoms with Gasteiger partial charge in [0.1, 0.15) is 0 Å². The summed E-state index contributed by atoms with van der Waals surface area (Å²) in [4.78, 5) is 0. The molecule has 0 spiro atoms. The Balaban J connectivity index is 1.72. The van der Waals surface area contributed by atoms with E-state index < -0.39 is 0 Å². The summed E-state index contributed by atoms with van der Waals surface area (Å²) in [6.45, 7) is 7.71. The van der Waals surface area contributed by atoms with Gasteiger partial charge in [-0.05, 0) is 49.6 Å². The Hall–Kier alpha value is -0.860. The highest BCUT2D eigenvalue weighted by atomic mass is 16.5. The first-order valence-electron chi connectivity index (χ1n) is 8.14. The van der Waals surface area contributed by atoms with Gasteiger partial charge in [-0.1, -0.05) is 44.2 Å². The van der Waals surface area contributed by atoms with Crippen molar-refractivity contribution in [3.63, 3.8) is 0 Å². The third kappa shape index (κ3) is 4.92. The standard InChI is InChI=1S/C18H29NO/c1-15(2)18(16-8-4-3-5-9-16)14-19-12-11-17-10-6-7-13-20-17/h3-5,8-9,15,17-19H,6-7,10-14H2,1-2H3. The summed E-state index contributed by atoms with van der Waals surface area (Å²) in [5.41, 5.74) is 1.45. The number of nitrogens with one attached hydrogen (secondary N) is 1. The van der Waals surface area contributed by atoms with Crippen LogP contribution in [-0.4, -0.2) is 25.8 Å². The van der Waals surface area contributed by atoms with Crippen molar-refractivity contribution >= 4 is 0 Å². The van der Waals surface area contributed by atoms with Gasteiger partial charge < -0.3 is 10.1 Å². The van der Waals surface area contributed by atoms with Gasteiger partial charge in [0, 0.05) is 13.2 Å². The predicted molar refractivity (Wildman–Crippen MR) is 85.1 cm³/mol. The van der Waals surface area contributed by atoms with Crippen molar-refractivity contribution in [3.05, 3.63) is 35.9 Å². The van der Waals surface area contributed by atoms with Crippen molar-refractivity contribution in [2.24, 2.45) is 5.92 Å². The molecule has 1 aliphatic heterocycles. The van der Waals surface area contributed by atoms with Gasteiger partial charge in [0.15, 0.2) is 0 Å². The van der Waals surface area contributed by atoms with Gasteiger partial charge in [-0.15, -0.1) is 0 Å². The first kappa shape index (κ1) is 15.5. The summed E-state index contributed by atoms with van der Waals surface area (Å²) in [5.74, 6) is 1.26. The molecular formula is C18H29NO. The number of benzene rings is 1. The Morgan fingerprint density at radius 1 is 1.20 bits per heavy atom. The zero-order chi connectivity index (χ0) is 14.2. The zero-order valence-electron chi connectivity index (χ0n) is 13.0. The van der Waals surface area contributed by atoms with Crippen LogP contribution in [-0.2, 0) is 4.74 Å². The summed E-state index contributed by atoms with van der Waals surface area (Å²) >= 11 is 0. The van der Waals surface area contributed by atoms with Crippen LogP contribution in [0, 0.1) is 5.92 Å². The van der Waals surface area contributed by atoms with Crippen LogP contribution in [0.25, 0.3) is 0 Å². The van der Waals surface area contributed by atoms with Crippen molar-refractivity contribution in [2.75, 3.05) is 19.7 Å². The summed E-state index contributed by atoms with van der Waals surface area (Å²) in [6, 6.07) is 10.9. The van der Waals surface area contributed by atoms with Crippen LogP contribution in [0.1, 0.15) is 51.0 Å². The molecule has 0 aromatic heterocycles. The van der Waals surface area contributed by atoms with Gasteiger partial charge in [0.25, 0.3) is 0 Å². The third-order valence-corrected chi connectivity index (χ3v) is 4.31. The van der Waals surface area contributed by atoms with Crippen LogP contribution in [0.15, 0.2) is 30.3 Å². The summed E-state index contributed by atoms with van der Waals surface area (Å²) in [7, 11) is 0. The number of rotatable bonds is 7. The van der Waals surface area contributed by atoms with E-state index in [1.807, 2.05) is 0 Å². The van der Waals surface area contributed by atoms with E-state index in [2.05, 4.69) is 49.5 Å². The summed E-state index contributed by atoms with van der Waals surface area (Å²) in [5, 5.41) is 3.63. The molecule has 0 radical (unpaired) electrons. The molecule has 20 heavy (non-hydrogen) atoms. The molecule has 1 heterocycles. The normalized spacial score (nSPS) is 21.1. The largest absolute Gasteiger partial charge is 0.378 e. The minimum absolute atomic E-state index is 0.491. The van der Waals surface area contributed by atoms with Gasteiger partial charge in [-0.2, -0.15) is 0 Å². The molecule has 1 aromatic rings. The molecule has 0 saturated carbocycles. The second-order valence-electron chi connectivity index (χ2n) is 6.24. The molecule has 112 valence electrons. The van der Waals surface area contributed by atoms with E-state index >= 15 is 0 Å². The molecule has 1 fully saturated rings. The van der Waals surface area contributed by atoms with Crippen LogP contribution in [0.3, 0.4) is 0 Å². The Kier molecular flexibility index (Phi) is 6.55. The van der Waals surface area contributed by atoms with Crippen LogP contribution in [0.2, 0.25) is 0 Å². The maximum Gasteiger partial charge on any atom is 0.0587 e. The Morgan fingerprint density at radius 3 is 2.65 bits per heavy atom. The van der Waals surface area contributed by atoms with Crippen molar-refractivity contribution < 1.29 is 4.74 Å². The minimum Gasteiger partial charge on any atom is -0.378 e. The maximum absolute atomic E-state index is 5.78. The van der Waals surface area contributed by atoms with Gasteiger partial charge in [0.2, 0.25) is 0 Å². The lowest BCUT2D eigenvalue weighted by Gasteiger charge is -2.24. The quantitative estimate of drug-likeness (QED) is 0.760. The van der Waals surface area contributed by atoms with Crippen LogP contribution < -0.4 is 5.32 Å². The molecule has 2 rings (SSSR count). The fourth-order valence-electron chi connectivity index (χ4n) is 2.99. The molecule has 0 amide bonds. The zero-order valence-corrected chi connectivity index (χ0v) is 13.0. The maximum atomic E-state index is 5.78. The average molecular weight is 275 g/mol. The van der Waals surface area contributed by atoms with E-state index in [4.69, 9.17) is 4.74 Å². The van der Waals surface area contributed by atoms with Crippen LogP contribution in [0.5, 0.6) is 0 Å². The van der Waals surface area contributed by atoms with E-state index in [-0.39, 0.29) is 0 Å². The molecule has 0 aliphatic carbocycles. The topological polar surface area (TPSA) is 21.3 Å². The molecule has 2 atom stereocenters. The highest BCUT2D eigenvalue weighted by Gasteiger charge is 2.16. The van der Waals surface area contributed by atoms with Crippen molar-refractivity contribution in [1.82, 2.24) is 5.32 Å². The van der Waals surface area contributed by atoms with Crippen molar-refractivity contribution in [3.8, 4) is 0 Å². The lowest BCUT2D eigenvalue weighted by atomic mass is 9.88. The van der Waals surface area contributed by atoms with Gasteiger partial charge in [-0.25, -0.2) is 0 Å².